The molecule has 1 aromatic heterocycles. The van der Waals surface area contributed by atoms with Gasteiger partial charge in [0.25, 0.3) is 0 Å². The van der Waals surface area contributed by atoms with E-state index in [1.54, 1.807) is 12.3 Å². The summed E-state index contributed by atoms with van der Waals surface area (Å²) in [6.45, 7) is 2.24. The standard InChI is InChI=1S/C9H14N2O2/c1-7(8-3-2-6-13-8)11-9(12)4-5-10/h2-3,6-7H,4-5,10H2,1H3,(H,11,12). The number of hydrogen-bond acceptors (Lipinski definition) is 3. The summed E-state index contributed by atoms with van der Waals surface area (Å²) >= 11 is 0. The molecule has 0 radical (unpaired) electrons. The van der Waals surface area contributed by atoms with Crippen molar-refractivity contribution in [1.29, 1.82) is 0 Å². The molecule has 0 aliphatic carbocycles. The van der Waals surface area contributed by atoms with Crippen molar-refractivity contribution in [2.24, 2.45) is 5.73 Å². The Hall–Kier alpha value is -1.29. The van der Waals surface area contributed by atoms with Gasteiger partial charge < -0.3 is 15.5 Å². The van der Waals surface area contributed by atoms with Gasteiger partial charge in [-0.2, -0.15) is 0 Å². The molecule has 0 aliphatic rings. The summed E-state index contributed by atoms with van der Waals surface area (Å²) in [6, 6.07) is 3.53. The van der Waals surface area contributed by atoms with Gasteiger partial charge in [-0.25, -0.2) is 0 Å². The van der Waals surface area contributed by atoms with E-state index in [2.05, 4.69) is 5.32 Å². The zero-order chi connectivity index (χ0) is 9.68. The number of hydrogen-bond donors (Lipinski definition) is 2. The molecule has 1 heterocycles. The number of nitrogens with one attached hydrogen (secondary N) is 1. The van der Waals surface area contributed by atoms with Crippen molar-refractivity contribution >= 4 is 5.91 Å². The number of carbonyl (C=O) groups is 1. The first-order chi connectivity index (χ1) is 6.24. The summed E-state index contributed by atoms with van der Waals surface area (Å²) in [5, 5.41) is 2.77. The smallest absolute Gasteiger partial charge is 0.221 e. The van der Waals surface area contributed by atoms with E-state index in [1.807, 2.05) is 13.0 Å². The van der Waals surface area contributed by atoms with Crippen molar-refractivity contribution in [2.45, 2.75) is 19.4 Å². The van der Waals surface area contributed by atoms with E-state index in [-0.39, 0.29) is 11.9 Å². The molecule has 1 rings (SSSR count). The van der Waals surface area contributed by atoms with Crippen molar-refractivity contribution in [2.75, 3.05) is 6.54 Å². The summed E-state index contributed by atoms with van der Waals surface area (Å²) in [5.74, 6) is 0.705. The van der Waals surface area contributed by atoms with Gasteiger partial charge >= 0.3 is 0 Å². The topological polar surface area (TPSA) is 68.3 Å². The number of nitrogens with two attached hydrogens (primary N) is 1. The van der Waals surface area contributed by atoms with Crippen LogP contribution in [0.2, 0.25) is 0 Å². The number of carbonyl (C=O) groups excluding carboxylic acids is 1. The number of furan rings is 1. The van der Waals surface area contributed by atoms with E-state index in [0.29, 0.717) is 13.0 Å². The normalized spacial score (nSPS) is 12.5. The van der Waals surface area contributed by atoms with Crippen LogP contribution in [0.3, 0.4) is 0 Å². The Morgan fingerprint density at radius 3 is 3.08 bits per heavy atom. The fourth-order valence-corrected chi connectivity index (χ4v) is 1.05. The lowest BCUT2D eigenvalue weighted by molar-refractivity contribution is -0.121. The second kappa shape index (κ2) is 4.67. The van der Waals surface area contributed by atoms with Gasteiger partial charge in [-0.1, -0.05) is 0 Å². The molecule has 4 heteroatoms. The van der Waals surface area contributed by atoms with Crippen LogP contribution >= 0.6 is 0 Å². The van der Waals surface area contributed by atoms with Crippen LogP contribution in [0.1, 0.15) is 25.1 Å². The molecule has 0 spiro atoms. The molecular weight excluding hydrogens is 168 g/mol. The molecule has 0 aromatic carbocycles. The molecule has 0 aliphatic heterocycles. The lowest BCUT2D eigenvalue weighted by atomic mass is 10.2. The van der Waals surface area contributed by atoms with Gasteiger partial charge in [0.15, 0.2) is 0 Å². The molecule has 0 fully saturated rings. The lowest BCUT2D eigenvalue weighted by Crippen LogP contribution is -2.28. The molecule has 1 unspecified atom stereocenters. The molecule has 0 saturated carbocycles. The summed E-state index contributed by atoms with van der Waals surface area (Å²) in [5.41, 5.74) is 5.24. The minimum Gasteiger partial charge on any atom is -0.467 e. The minimum atomic E-state index is -0.0888. The summed E-state index contributed by atoms with van der Waals surface area (Å²) in [7, 11) is 0. The van der Waals surface area contributed by atoms with Crippen molar-refractivity contribution in [1.82, 2.24) is 5.32 Å². The Morgan fingerprint density at radius 1 is 1.77 bits per heavy atom. The van der Waals surface area contributed by atoms with Gasteiger partial charge in [0.1, 0.15) is 5.76 Å². The first-order valence-electron chi connectivity index (χ1n) is 4.27. The van der Waals surface area contributed by atoms with Crippen molar-refractivity contribution in [3.63, 3.8) is 0 Å². The summed E-state index contributed by atoms with van der Waals surface area (Å²) < 4.78 is 5.13. The third-order valence-electron chi connectivity index (χ3n) is 1.72. The minimum absolute atomic E-state index is 0.0496. The van der Waals surface area contributed by atoms with Gasteiger partial charge in [0.05, 0.1) is 12.3 Å². The van der Waals surface area contributed by atoms with E-state index in [1.165, 1.54) is 0 Å². The second-order valence-electron chi connectivity index (χ2n) is 2.84. The lowest BCUT2D eigenvalue weighted by Gasteiger charge is -2.10. The Kier molecular flexibility index (Phi) is 3.52. The second-order valence-corrected chi connectivity index (χ2v) is 2.84. The molecule has 1 amide bonds. The predicted octanol–water partition coefficient (Wildman–Crippen LogP) is 0.806. The average molecular weight is 182 g/mol. The molecule has 72 valence electrons. The molecule has 0 saturated heterocycles. The SMILES string of the molecule is CC(NC(=O)CCN)c1ccco1. The highest BCUT2D eigenvalue weighted by Gasteiger charge is 2.10. The number of rotatable bonds is 4. The highest BCUT2D eigenvalue weighted by molar-refractivity contribution is 5.76. The van der Waals surface area contributed by atoms with Gasteiger partial charge in [-0.3, -0.25) is 4.79 Å². The van der Waals surface area contributed by atoms with E-state index >= 15 is 0 Å². The maximum atomic E-state index is 11.1. The molecule has 3 N–H and O–H groups in total. The van der Waals surface area contributed by atoms with E-state index in [0.717, 1.165) is 5.76 Å². The van der Waals surface area contributed by atoms with Gasteiger partial charge in [0.2, 0.25) is 5.91 Å². The number of amides is 1. The van der Waals surface area contributed by atoms with Crippen LogP contribution in [0, 0.1) is 0 Å². The first-order valence-corrected chi connectivity index (χ1v) is 4.27. The van der Waals surface area contributed by atoms with E-state index in [9.17, 15) is 4.79 Å². The highest BCUT2D eigenvalue weighted by atomic mass is 16.3. The van der Waals surface area contributed by atoms with Gasteiger partial charge in [0, 0.05) is 13.0 Å². The maximum absolute atomic E-state index is 11.1. The van der Waals surface area contributed by atoms with Crippen molar-refractivity contribution < 1.29 is 9.21 Å². The zero-order valence-corrected chi connectivity index (χ0v) is 7.62. The maximum Gasteiger partial charge on any atom is 0.221 e. The van der Waals surface area contributed by atoms with Crippen molar-refractivity contribution in [3.8, 4) is 0 Å². The van der Waals surface area contributed by atoms with Gasteiger partial charge in [-0.05, 0) is 19.1 Å². The molecule has 13 heavy (non-hydrogen) atoms. The Morgan fingerprint density at radius 2 is 2.54 bits per heavy atom. The van der Waals surface area contributed by atoms with Crippen LogP contribution in [-0.4, -0.2) is 12.5 Å². The molecular formula is C9H14N2O2. The van der Waals surface area contributed by atoms with Crippen LogP contribution in [0.4, 0.5) is 0 Å². The molecule has 1 aromatic rings. The summed E-state index contributed by atoms with van der Waals surface area (Å²) in [4.78, 5) is 11.1. The third-order valence-corrected chi connectivity index (χ3v) is 1.72. The largest absolute Gasteiger partial charge is 0.467 e. The Labute approximate surface area is 77.1 Å². The molecule has 4 nitrogen and oxygen atoms in total. The van der Waals surface area contributed by atoms with Crippen LogP contribution < -0.4 is 11.1 Å². The fraction of sp³-hybridized carbons (Fsp3) is 0.444. The van der Waals surface area contributed by atoms with Crippen molar-refractivity contribution in [3.05, 3.63) is 24.2 Å². The zero-order valence-electron chi connectivity index (χ0n) is 7.62. The van der Waals surface area contributed by atoms with Crippen LogP contribution in [0.15, 0.2) is 22.8 Å². The molecule has 1 atom stereocenters. The van der Waals surface area contributed by atoms with Crippen LogP contribution in [0.5, 0.6) is 0 Å². The average Bonchev–Trinajstić information content (AvgIpc) is 2.55. The predicted molar refractivity (Wildman–Crippen MR) is 48.9 cm³/mol. The molecule has 0 bridgehead atoms. The summed E-state index contributed by atoms with van der Waals surface area (Å²) in [6.07, 6.45) is 1.94. The van der Waals surface area contributed by atoms with Crippen LogP contribution in [-0.2, 0) is 4.79 Å². The van der Waals surface area contributed by atoms with Gasteiger partial charge in [-0.15, -0.1) is 0 Å². The fourth-order valence-electron chi connectivity index (χ4n) is 1.05. The highest BCUT2D eigenvalue weighted by Crippen LogP contribution is 2.11. The first kappa shape index (κ1) is 9.80. The monoisotopic (exact) mass is 182 g/mol. The van der Waals surface area contributed by atoms with Crippen LogP contribution in [0.25, 0.3) is 0 Å². The van der Waals surface area contributed by atoms with E-state index in [4.69, 9.17) is 10.2 Å². The third kappa shape index (κ3) is 2.91. The van der Waals surface area contributed by atoms with E-state index < -0.39 is 0 Å². The Bertz CT molecular complexity index is 257. The quantitative estimate of drug-likeness (QED) is 0.723. The Balaban J connectivity index is 2.42.